The highest BCUT2D eigenvalue weighted by atomic mass is 35.5. The number of rotatable bonds is 3. The number of hydrogen-bond acceptors (Lipinski definition) is 4. The van der Waals surface area contributed by atoms with Crippen LogP contribution in [0.2, 0.25) is 5.02 Å². The molecule has 1 fully saturated rings. The van der Waals surface area contributed by atoms with Crippen molar-refractivity contribution in [3.8, 4) is 11.5 Å². The fourth-order valence-electron chi connectivity index (χ4n) is 2.88. The highest BCUT2D eigenvalue weighted by molar-refractivity contribution is 6.32. The van der Waals surface area contributed by atoms with E-state index in [1.807, 2.05) is 12.1 Å². The van der Waals surface area contributed by atoms with Gasteiger partial charge in [0.05, 0.1) is 5.02 Å². The zero-order valence-electron chi connectivity index (χ0n) is 11.8. The lowest BCUT2D eigenvalue weighted by atomic mass is 10.1. The molecule has 0 aromatic heterocycles. The van der Waals surface area contributed by atoms with Gasteiger partial charge in [0, 0.05) is 19.1 Å². The van der Waals surface area contributed by atoms with Crippen LogP contribution in [0.3, 0.4) is 0 Å². The molecule has 0 saturated carbocycles. The second-order valence-electron chi connectivity index (χ2n) is 5.52. The molecule has 2 aliphatic rings. The molecule has 0 bridgehead atoms. The summed E-state index contributed by atoms with van der Waals surface area (Å²) >= 11 is 6.28. The van der Waals surface area contributed by atoms with Gasteiger partial charge in [0.1, 0.15) is 13.2 Å². The molecule has 1 aromatic rings. The standard InChI is InChI=1S/C15H21ClN2O2/c1-18(12-3-2-4-17-9-12)10-11-7-13(16)15-14(8-11)19-5-6-20-15/h7-8,12,17H,2-6,9-10H2,1H3. The van der Waals surface area contributed by atoms with Crippen molar-refractivity contribution in [2.24, 2.45) is 0 Å². The van der Waals surface area contributed by atoms with E-state index in [1.165, 1.54) is 18.4 Å². The predicted molar refractivity (Wildman–Crippen MR) is 79.8 cm³/mol. The van der Waals surface area contributed by atoms with Crippen molar-refractivity contribution >= 4 is 11.6 Å². The molecule has 3 rings (SSSR count). The third kappa shape index (κ3) is 3.03. The number of benzene rings is 1. The van der Waals surface area contributed by atoms with Crippen LogP contribution < -0.4 is 14.8 Å². The number of hydrogen-bond donors (Lipinski definition) is 1. The van der Waals surface area contributed by atoms with E-state index in [2.05, 4.69) is 17.3 Å². The van der Waals surface area contributed by atoms with Gasteiger partial charge in [-0.25, -0.2) is 0 Å². The molecule has 0 radical (unpaired) electrons. The highest BCUT2D eigenvalue weighted by Gasteiger charge is 2.20. The first-order valence-corrected chi connectivity index (χ1v) is 7.61. The van der Waals surface area contributed by atoms with Crippen molar-refractivity contribution < 1.29 is 9.47 Å². The van der Waals surface area contributed by atoms with Crippen molar-refractivity contribution in [2.75, 3.05) is 33.4 Å². The van der Waals surface area contributed by atoms with Crippen LogP contribution in [0.15, 0.2) is 12.1 Å². The van der Waals surface area contributed by atoms with Crippen molar-refractivity contribution in [1.82, 2.24) is 10.2 Å². The molecule has 0 spiro atoms. The smallest absolute Gasteiger partial charge is 0.179 e. The summed E-state index contributed by atoms with van der Waals surface area (Å²) in [5.41, 5.74) is 1.17. The molecule has 2 aliphatic heterocycles. The Balaban J connectivity index is 1.72. The first-order chi connectivity index (χ1) is 9.74. The number of ether oxygens (including phenoxy) is 2. The predicted octanol–water partition coefficient (Wildman–Crippen LogP) is 2.29. The van der Waals surface area contributed by atoms with E-state index >= 15 is 0 Å². The van der Waals surface area contributed by atoms with Crippen molar-refractivity contribution in [2.45, 2.75) is 25.4 Å². The van der Waals surface area contributed by atoms with E-state index in [0.717, 1.165) is 25.4 Å². The van der Waals surface area contributed by atoms with Gasteiger partial charge in [0.15, 0.2) is 11.5 Å². The molecule has 4 nitrogen and oxygen atoms in total. The summed E-state index contributed by atoms with van der Waals surface area (Å²) in [5, 5.41) is 4.10. The molecule has 0 aliphatic carbocycles. The molecular formula is C15H21ClN2O2. The third-order valence-electron chi connectivity index (χ3n) is 3.98. The number of halogens is 1. The van der Waals surface area contributed by atoms with Crippen molar-refractivity contribution in [3.63, 3.8) is 0 Å². The van der Waals surface area contributed by atoms with Crippen LogP contribution in [0.1, 0.15) is 18.4 Å². The molecular weight excluding hydrogens is 276 g/mol. The topological polar surface area (TPSA) is 33.7 Å². The first-order valence-electron chi connectivity index (χ1n) is 7.23. The first kappa shape index (κ1) is 14.0. The summed E-state index contributed by atoms with van der Waals surface area (Å²) in [6, 6.07) is 4.63. The zero-order valence-corrected chi connectivity index (χ0v) is 12.6. The molecule has 2 heterocycles. The van der Waals surface area contributed by atoms with E-state index in [9.17, 15) is 0 Å². The second-order valence-corrected chi connectivity index (χ2v) is 5.92. The van der Waals surface area contributed by atoms with Gasteiger partial charge in [-0.1, -0.05) is 11.6 Å². The summed E-state index contributed by atoms with van der Waals surface area (Å²) in [5.74, 6) is 1.46. The molecule has 110 valence electrons. The maximum atomic E-state index is 6.28. The maximum Gasteiger partial charge on any atom is 0.179 e. The summed E-state index contributed by atoms with van der Waals surface area (Å²) in [7, 11) is 2.17. The van der Waals surface area contributed by atoms with Crippen LogP contribution in [-0.2, 0) is 6.54 Å². The fourth-order valence-corrected chi connectivity index (χ4v) is 3.17. The van der Waals surface area contributed by atoms with E-state index < -0.39 is 0 Å². The van der Waals surface area contributed by atoms with Crippen molar-refractivity contribution in [1.29, 1.82) is 0 Å². The van der Waals surface area contributed by atoms with Gasteiger partial charge in [-0.15, -0.1) is 0 Å². The lowest BCUT2D eigenvalue weighted by Gasteiger charge is -2.32. The average Bonchev–Trinajstić information content (AvgIpc) is 2.48. The van der Waals surface area contributed by atoms with Gasteiger partial charge in [-0.2, -0.15) is 0 Å². The van der Waals surface area contributed by atoms with Crippen LogP contribution in [0.25, 0.3) is 0 Å². The Kier molecular flexibility index (Phi) is 4.34. The van der Waals surface area contributed by atoms with Gasteiger partial charge in [-0.05, 0) is 44.1 Å². The highest BCUT2D eigenvalue weighted by Crippen LogP contribution is 2.38. The van der Waals surface area contributed by atoms with E-state index in [0.29, 0.717) is 30.0 Å². The Hall–Kier alpha value is -0.970. The molecule has 1 aromatic carbocycles. The number of fused-ring (bicyclic) bond motifs is 1. The molecule has 1 N–H and O–H groups in total. The SMILES string of the molecule is CN(Cc1cc(Cl)c2c(c1)OCCO2)C1CCCNC1. The maximum absolute atomic E-state index is 6.28. The zero-order chi connectivity index (χ0) is 13.9. The van der Waals surface area contributed by atoms with Crippen LogP contribution in [-0.4, -0.2) is 44.3 Å². The number of likely N-dealkylation sites (N-methyl/N-ethyl adjacent to an activating group) is 1. The second kappa shape index (κ2) is 6.20. The Bertz CT molecular complexity index is 475. The van der Waals surface area contributed by atoms with Crippen LogP contribution in [0, 0.1) is 0 Å². The third-order valence-corrected chi connectivity index (χ3v) is 4.26. The molecule has 20 heavy (non-hydrogen) atoms. The van der Waals surface area contributed by atoms with Gasteiger partial charge in [-0.3, -0.25) is 4.90 Å². The Morgan fingerprint density at radius 3 is 3.00 bits per heavy atom. The van der Waals surface area contributed by atoms with Gasteiger partial charge < -0.3 is 14.8 Å². The minimum atomic E-state index is 0.569. The lowest BCUT2D eigenvalue weighted by Crippen LogP contribution is -2.43. The molecule has 1 atom stereocenters. The van der Waals surface area contributed by atoms with E-state index in [1.54, 1.807) is 0 Å². The molecule has 5 heteroatoms. The Morgan fingerprint density at radius 1 is 1.35 bits per heavy atom. The van der Waals surface area contributed by atoms with Crippen LogP contribution >= 0.6 is 11.6 Å². The molecule has 1 unspecified atom stereocenters. The molecule has 0 amide bonds. The summed E-state index contributed by atoms with van der Waals surface area (Å²) in [6.07, 6.45) is 2.50. The molecule has 1 saturated heterocycles. The quantitative estimate of drug-likeness (QED) is 0.928. The number of piperidine rings is 1. The fraction of sp³-hybridized carbons (Fsp3) is 0.600. The van der Waals surface area contributed by atoms with Gasteiger partial charge in [0.2, 0.25) is 0 Å². The Morgan fingerprint density at radius 2 is 2.20 bits per heavy atom. The Labute approximate surface area is 125 Å². The number of nitrogens with zero attached hydrogens (tertiary/aromatic N) is 1. The summed E-state index contributed by atoms with van der Waals surface area (Å²) in [4.78, 5) is 2.38. The largest absolute Gasteiger partial charge is 0.486 e. The van der Waals surface area contributed by atoms with Gasteiger partial charge >= 0.3 is 0 Å². The lowest BCUT2D eigenvalue weighted by molar-refractivity contribution is 0.170. The van der Waals surface area contributed by atoms with Crippen LogP contribution in [0.5, 0.6) is 11.5 Å². The number of nitrogens with one attached hydrogen (secondary N) is 1. The average molecular weight is 297 g/mol. The van der Waals surface area contributed by atoms with Gasteiger partial charge in [0.25, 0.3) is 0 Å². The van der Waals surface area contributed by atoms with E-state index in [-0.39, 0.29) is 0 Å². The minimum Gasteiger partial charge on any atom is -0.486 e. The van der Waals surface area contributed by atoms with Crippen molar-refractivity contribution in [3.05, 3.63) is 22.7 Å². The monoisotopic (exact) mass is 296 g/mol. The van der Waals surface area contributed by atoms with Crippen LogP contribution in [0.4, 0.5) is 0 Å². The minimum absolute atomic E-state index is 0.569. The summed E-state index contributed by atoms with van der Waals surface area (Å²) < 4.78 is 11.2. The van der Waals surface area contributed by atoms with E-state index in [4.69, 9.17) is 21.1 Å². The normalized spacial score (nSPS) is 22.1. The summed E-state index contributed by atoms with van der Waals surface area (Å²) in [6.45, 7) is 4.24.